The van der Waals surface area contributed by atoms with Gasteiger partial charge in [0, 0.05) is 12.8 Å². The average molecular weight is 387 g/mol. The SMILES string of the molecule is CCCCCCCCCCCC(=O)[C@@H]1C(=O)CC[C@@](Cl)(C(=O)OC)C1=O. The molecule has 2 atom stereocenters. The molecule has 0 saturated heterocycles. The minimum atomic E-state index is -1.90. The maximum atomic E-state index is 12.5. The monoisotopic (exact) mass is 386 g/mol. The van der Waals surface area contributed by atoms with Crippen LogP contribution in [0.4, 0.5) is 0 Å². The summed E-state index contributed by atoms with van der Waals surface area (Å²) in [5, 5.41) is 0. The maximum Gasteiger partial charge on any atom is 0.334 e. The highest BCUT2D eigenvalue weighted by Crippen LogP contribution is 2.35. The topological polar surface area (TPSA) is 77.5 Å². The van der Waals surface area contributed by atoms with Gasteiger partial charge in [0.05, 0.1) is 7.11 Å². The molecule has 0 spiro atoms. The van der Waals surface area contributed by atoms with Gasteiger partial charge in [-0.25, -0.2) is 4.79 Å². The Morgan fingerprint density at radius 3 is 2.12 bits per heavy atom. The molecule has 0 aromatic carbocycles. The van der Waals surface area contributed by atoms with E-state index in [2.05, 4.69) is 11.7 Å². The number of halogens is 1. The second-order valence-corrected chi connectivity index (χ2v) is 7.75. The number of Topliss-reactive ketones (excluding diaryl/α,β-unsaturated/α-hetero) is 3. The number of carbonyl (C=O) groups is 4. The molecule has 0 aliphatic heterocycles. The number of alkyl halides is 1. The van der Waals surface area contributed by atoms with Crippen LogP contribution < -0.4 is 0 Å². The number of ketones is 3. The third-order valence-corrected chi connectivity index (χ3v) is 5.58. The highest BCUT2D eigenvalue weighted by atomic mass is 35.5. The van der Waals surface area contributed by atoms with E-state index < -0.39 is 34.1 Å². The van der Waals surface area contributed by atoms with Crippen LogP contribution in [0.3, 0.4) is 0 Å². The summed E-state index contributed by atoms with van der Waals surface area (Å²) < 4.78 is 4.57. The smallest absolute Gasteiger partial charge is 0.334 e. The molecule has 1 aliphatic carbocycles. The van der Waals surface area contributed by atoms with Gasteiger partial charge in [-0.3, -0.25) is 14.4 Å². The van der Waals surface area contributed by atoms with Crippen molar-refractivity contribution in [2.24, 2.45) is 5.92 Å². The second kappa shape index (κ2) is 11.5. The van der Waals surface area contributed by atoms with Crippen LogP contribution in [-0.2, 0) is 23.9 Å². The lowest BCUT2D eigenvalue weighted by Gasteiger charge is -2.30. The number of methoxy groups -OCH3 is 1. The fourth-order valence-electron chi connectivity index (χ4n) is 3.38. The zero-order chi connectivity index (χ0) is 19.6. The van der Waals surface area contributed by atoms with Gasteiger partial charge < -0.3 is 4.74 Å². The van der Waals surface area contributed by atoms with Crippen molar-refractivity contribution in [2.45, 2.75) is 88.8 Å². The standard InChI is InChI=1S/C20H31ClO5/c1-3-4-5-6-7-8-9-10-11-12-15(22)17-16(23)13-14-20(21,18(17)24)19(25)26-2/h17H,3-14H2,1-2H3/t17-,20+/m1/s1. The lowest BCUT2D eigenvalue weighted by atomic mass is 9.75. The first-order chi connectivity index (χ1) is 12.4. The van der Waals surface area contributed by atoms with E-state index in [9.17, 15) is 19.2 Å². The molecule has 6 heteroatoms. The highest BCUT2D eigenvalue weighted by Gasteiger charge is 2.55. The van der Waals surface area contributed by atoms with Crippen LogP contribution >= 0.6 is 11.6 Å². The summed E-state index contributed by atoms with van der Waals surface area (Å²) in [6.45, 7) is 2.19. The van der Waals surface area contributed by atoms with E-state index in [0.29, 0.717) is 6.42 Å². The van der Waals surface area contributed by atoms with Crippen LogP contribution in [-0.4, -0.2) is 35.3 Å². The number of hydrogen-bond acceptors (Lipinski definition) is 5. The molecule has 1 aliphatic rings. The Hall–Kier alpha value is -1.23. The van der Waals surface area contributed by atoms with Crippen molar-refractivity contribution in [2.75, 3.05) is 7.11 Å². The molecule has 0 N–H and O–H groups in total. The summed E-state index contributed by atoms with van der Waals surface area (Å²) in [6.07, 6.45) is 10.0. The molecular weight excluding hydrogens is 356 g/mol. The molecule has 0 heterocycles. The molecule has 0 aromatic heterocycles. The number of unbranched alkanes of at least 4 members (excludes halogenated alkanes) is 8. The largest absolute Gasteiger partial charge is 0.467 e. The zero-order valence-electron chi connectivity index (χ0n) is 16.0. The fourth-order valence-corrected chi connectivity index (χ4v) is 3.66. The number of carbonyl (C=O) groups excluding carboxylic acids is 4. The lowest BCUT2D eigenvalue weighted by Crippen LogP contribution is -2.53. The molecule has 0 bridgehead atoms. The van der Waals surface area contributed by atoms with E-state index in [1.165, 1.54) is 32.1 Å². The summed E-state index contributed by atoms with van der Waals surface area (Å²) in [5.41, 5.74) is 0. The van der Waals surface area contributed by atoms with Crippen LogP contribution in [0, 0.1) is 5.92 Å². The van der Waals surface area contributed by atoms with Crippen LogP contribution in [0.15, 0.2) is 0 Å². The van der Waals surface area contributed by atoms with Crippen LogP contribution in [0.2, 0.25) is 0 Å². The molecule has 0 amide bonds. The van der Waals surface area contributed by atoms with E-state index in [1.807, 2.05) is 0 Å². The van der Waals surface area contributed by atoms with Crippen molar-refractivity contribution in [3.63, 3.8) is 0 Å². The molecule has 0 radical (unpaired) electrons. The van der Waals surface area contributed by atoms with Crippen molar-refractivity contribution >= 4 is 34.9 Å². The van der Waals surface area contributed by atoms with Crippen molar-refractivity contribution in [1.82, 2.24) is 0 Å². The van der Waals surface area contributed by atoms with Crippen molar-refractivity contribution < 1.29 is 23.9 Å². The maximum absolute atomic E-state index is 12.5. The quantitative estimate of drug-likeness (QED) is 0.217. The van der Waals surface area contributed by atoms with Crippen molar-refractivity contribution in [1.29, 1.82) is 0 Å². The normalized spacial score (nSPS) is 23.1. The lowest BCUT2D eigenvalue weighted by molar-refractivity contribution is -0.153. The molecule has 148 valence electrons. The molecule has 1 rings (SSSR count). The highest BCUT2D eigenvalue weighted by molar-refractivity contribution is 6.49. The third-order valence-electron chi connectivity index (χ3n) is 5.05. The van der Waals surface area contributed by atoms with Crippen LogP contribution in [0.25, 0.3) is 0 Å². The predicted molar refractivity (Wildman–Crippen MR) is 100 cm³/mol. The van der Waals surface area contributed by atoms with Gasteiger partial charge in [0.25, 0.3) is 0 Å². The summed E-state index contributed by atoms with van der Waals surface area (Å²) >= 11 is 6.11. The first kappa shape index (κ1) is 22.8. The Labute approximate surface area is 161 Å². The molecule has 0 unspecified atom stereocenters. The minimum absolute atomic E-state index is 0.0570. The first-order valence-electron chi connectivity index (χ1n) is 9.75. The van der Waals surface area contributed by atoms with Gasteiger partial charge in [0.2, 0.25) is 4.87 Å². The molecular formula is C20H31ClO5. The Kier molecular flexibility index (Phi) is 10.1. The van der Waals surface area contributed by atoms with Crippen LogP contribution in [0.5, 0.6) is 0 Å². The second-order valence-electron chi connectivity index (χ2n) is 7.10. The van der Waals surface area contributed by atoms with Gasteiger partial charge >= 0.3 is 5.97 Å². The molecule has 1 fully saturated rings. The number of esters is 1. The summed E-state index contributed by atoms with van der Waals surface area (Å²) in [6, 6.07) is 0. The van der Waals surface area contributed by atoms with Gasteiger partial charge in [-0.05, 0) is 12.8 Å². The fraction of sp³-hybridized carbons (Fsp3) is 0.800. The van der Waals surface area contributed by atoms with E-state index >= 15 is 0 Å². The number of rotatable bonds is 12. The van der Waals surface area contributed by atoms with E-state index in [4.69, 9.17) is 11.6 Å². The number of ether oxygens (including phenoxy) is 1. The Bertz CT molecular complexity index is 516. The van der Waals surface area contributed by atoms with Crippen LogP contribution in [0.1, 0.15) is 84.0 Å². The van der Waals surface area contributed by atoms with Crippen molar-refractivity contribution in [3.05, 3.63) is 0 Å². The molecule has 26 heavy (non-hydrogen) atoms. The summed E-state index contributed by atoms with van der Waals surface area (Å²) in [4.78, 5) is 46.8. The van der Waals surface area contributed by atoms with Crippen molar-refractivity contribution in [3.8, 4) is 0 Å². The van der Waals surface area contributed by atoms with Gasteiger partial charge in [-0.1, -0.05) is 69.9 Å². The molecule has 5 nitrogen and oxygen atoms in total. The predicted octanol–water partition coefficient (Wildman–Crippen LogP) is 4.18. The zero-order valence-corrected chi connectivity index (χ0v) is 16.7. The van der Waals surface area contributed by atoms with E-state index in [1.54, 1.807) is 0 Å². The average Bonchev–Trinajstić information content (AvgIpc) is 2.63. The summed E-state index contributed by atoms with van der Waals surface area (Å²) in [7, 11) is 1.13. The van der Waals surface area contributed by atoms with Gasteiger partial charge in [0.1, 0.15) is 5.92 Å². The Balaban J connectivity index is 2.39. The summed E-state index contributed by atoms with van der Waals surface area (Å²) in [5.74, 6) is -3.97. The van der Waals surface area contributed by atoms with Gasteiger partial charge in [0.15, 0.2) is 17.3 Å². The Morgan fingerprint density at radius 1 is 1.04 bits per heavy atom. The van der Waals surface area contributed by atoms with Gasteiger partial charge in [-0.2, -0.15) is 0 Å². The Morgan fingerprint density at radius 2 is 1.58 bits per heavy atom. The molecule has 0 aromatic rings. The van der Waals surface area contributed by atoms with E-state index in [0.717, 1.165) is 26.4 Å². The number of hydrogen-bond donors (Lipinski definition) is 0. The van der Waals surface area contributed by atoms with Gasteiger partial charge in [-0.15, -0.1) is 0 Å². The minimum Gasteiger partial charge on any atom is -0.467 e. The first-order valence-corrected chi connectivity index (χ1v) is 10.1. The van der Waals surface area contributed by atoms with E-state index in [-0.39, 0.29) is 19.3 Å². The molecule has 1 saturated carbocycles. The third kappa shape index (κ3) is 6.19.